The van der Waals surface area contributed by atoms with Crippen LogP contribution in [0.2, 0.25) is 0 Å². The summed E-state index contributed by atoms with van der Waals surface area (Å²) in [6.45, 7) is 11.1. The lowest BCUT2D eigenvalue weighted by molar-refractivity contribution is -0.139. The first-order valence-electron chi connectivity index (χ1n) is 5.25. The Bertz CT molecular complexity index is 298. The minimum Gasteiger partial charge on any atom is -0.496 e. The van der Waals surface area contributed by atoms with Crippen molar-refractivity contribution in [2.45, 2.75) is 33.8 Å². The number of ether oxygens (including phenoxy) is 2. The van der Waals surface area contributed by atoms with Gasteiger partial charge >= 0.3 is 5.97 Å². The third kappa shape index (κ3) is 7.85. The molecule has 3 heteroatoms. The first kappa shape index (κ1) is 14.5. The van der Waals surface area contributed by atoms with Crippen molar-refractivity contribution in [2.75, 3.05) is 6.61 Å². The van der Waals surface area contributed by atoms with E-state index in [2.05, 4.69) is 6.58 Å². The van der Waals surface area contributed by atoms with E-state index >= 15 is 0 Å². The molecule has 0 aromatic rings. The van der Waals surface area contributed by atoms with E-state index in [9.17, 15) is 4.79 Å². The first-order chi connectivity index (χ1) is 7.45. The summed E-state index contributed by atoms with van der Waals surface area (Å²) in [5, 5.41) is 0. The van der Waals surface area contributed by atoms with E-state index in [0.717, 1.165) is 11.3 Å². The van der Waals surface area contributed by atoms with Gasteiger partial charge in [0, 0.05) is 6.92 Å². The molecule has 0 aliphatic rings. The van der Waals surface area contributed by atoms with Crippen LogP contribution in [0.4, 0.5) is 0 Å². The maximum atomic E-state index is 10.6. The molecule has 3 nitrogen and oxygen atoms in total. The second kappa shape index (κ2) is 7.74. The molecule has 0 rings (SSSR count). The molecule has 0 amide bonds. The van der Waals surface area contributed by atoms with Crippen molar-refractivity contribution in [3.05, 3.63) is 36.1 Å². The van der Waals surface area contributed by atoms with Gasteiger partial charge in [0.05, 0.1) is 11.9 Å². The maximum Gasteiger partial charge on any atom is 0.302 e. The fraction of sp³-hybridized carbons (Fsp3) is 0.462. The zero-order chi connectivity index (χ0) is 12.6. The zero-order valence-electron chi connectivity index (χ0n) is 10.4. The summed E-state index contributed by atoms with van der Waals surface area (Å²) in [4.78, 5) is 10.6. The highest BCUT2D eigenvalue weighted by Crippen LogP contribution is 2.04. The predicted octanol–water partition coefficient (Wildman–Crippen LogP) is 2.99. The number of carbonyl (C=O) groups is 1. The van der Waals surface area contributed by atoms with Gasteiger partial charge in [-0.3, -0.25) is 4.79 Å². The summed E-state index contributed by atoms with van der Waals surface area (Å²) in [5.41, 5.74) is 0.835. The van der Waals surface area contributed by atoms with Crippen molar-refractivity contribution in [3.63, 3.8) is 0 Å². The van der Waals surface area contributed by atoms with Gasteiger partial charge in [0.2, 0.25) is 0 Å². The number of hydrogen-bond donors (Lipinski definition) is 0. The molecule has 0 atom stereocenters. The molecule has 0 aliphatic heterocycles. The van der Waals surface area contributed by atoms with Gasteiger partial charge in [0.25, 0.3) is 0 Å². The van der Waals surface area contributed by atoms with E-state index in [1.54, 1.807) is 6.08 Å². The van der Waals surface area contributed by atoms with Gasteiger partial charge in [0.1, 0.15) is 6.61 Å². The molecule has 0 saturated heterocycles. The average Bonchev–Trinajstić information content (AvgIpc) is 2.16. The second-order valence-corrected chi connectivity index (χ2v) is 3.67. The molecular weight excluding hydrogens is 204 g/mol. The summed E-state index contributed by atoms with van der Waals surface area (Å²) < 4.78 is 10.3. The van der Waals surface area contributed by atoms with Gasteiger partial charge in [0.15, 0.2) is 0 Å². The summed E-state index contributed by atoms with van der Waals surface area (Å²) >= 11 is 0. The third-order valence-electron chi connectivity index (χ3n) is 1.66. The largest absolute Gasteiger partial charge is 0.496 e. The van der Waals surface area contributed by atoms with Crippen LogP contribution in [0, 0.1) is 0 Å². The van der Waals surface area contributed by atoms with Gasteiger partial charge in [-0.25, -0.2) is 0 Å². The molecular formula is C13H20O3. The fourth-order valence-corrected chi connectivity index (χ4v) is 0.996. The molecule has 90 valence electrons. The standard InChI is InChI=1S/C13H20O3/c1-6-13(9-15-12(5)14)8-7-11(4)16-10(2)3/h6-8,10H,1,9H2,2-5H3/b11-7+,13-8+. The van der Waals surface area contributed by atoms with E-state index in [0.29, 0.717) is 0 Å². The lowest BCUT2D eigenvalue weighted by Crippen LogP contribution is -2.02. The molecule has 0 fully saturated rings. The normalized spacial score (nSPS) is 12.6. The number of carbonyl (C=O) groups excluding carboxylic acids is 1. The highest BCUT2D eigenvalue weighted by Gasteiger charge is 1.96. The van der Waals surface area contributed by atoms with Crippen LogP contribution in [0.1, 0.15) is 27.7 Å². The molecule has 0 aromatic heterocycles. The Morgan fingerprint density at radius 2 is 1.94 bits per heavy atom. The molecule has 0 aliphatic carbocycles. The van der Waals surface area contributed by atoms with E-state index in [4.69, 9.17) is 9.47 Å². The Morgan fingerprint density at radius 1 is 1.31 bits per heavy atom. The zero-order valence-corrected chi connectivity index (χ0v) is 10.4. The van der Waals surface area contributed by atoms with Crippen LogP contribution in [0.3, 0.4) is 0 Å². The summed E-state index contributed by atoms with van der Waals surface area (Å²) in [6.07, 6.45) is 5.47. The Morgan fingerprint density at radius 3 is 2.38 bits per heavy atom. The van der Waals surface area contributed by atoms with Crippen LogP contribution in [0.25, 0.3) is 0 Å². The Labute approximate surface area is 97.4 Å². The van der Waals surface area contributed by atoms with Crippen LogP contribution < -0.4 is 0 Å². The molecule has 0 spiro atoms. The molecule has 0 heterocycles. The van der Waals surface area contributed by atoms with Crippen LogP contribution in [0.5, 0.6) is 0 Å². The number of allylic oxidation sites excluding steroid dienone is 3. The first-order valence-corrected chi connectivity index (χ1v) is 5.25. The lowest BCUT2D eigenvalue weighted by atomic mass is 10.2. The van der Waals surface area contributed by atoms with E-state index in [1.807, 2.05) is 32.9 Å². The number of esters is 1. The second-order valence-electron chi connectivity index (χ2n) is 3.67. The predicted molar refractivity (Wildman–Crippen MR) is 64.9 cm³/mol. The van der Waals surface area contributed by atoms with Crippen LogP contribution >= 0.6 is 0 Å². The highest BCUT2D eigenvalue weighted by atomic mass is 16.5. The fourth-order valence-electron chi connectivity index (χ4n) is 0.996. The lowest BCUT2D eigenvalue weighted by Gasteiger charge is -2.08. The van der Waals surface area contributed by atoms with Crippen molar-refractivity contribution in [3.8, 4) is 0 Å². The smallest absolute Gasteiger partial charge is 0.302 e. The van der Waals surface area contributed by atoms with Gasteiger partial charge in [-0.15, -0.1) is 0 Å². The molecule has 0 radical (unpaired) electrons. The van der Waals surface area contributed by atoms with Crippen molar-refractivity contribution >= 4 is 5.97 Å². The van der Waals surface area contributed by atoms with Crippen LogP contribution in [-0.4, -0.2) is 18.7 Å². The molecule has 0 bridgehead atoms. The number of rotatable bonds is 6. The Hall–Kier alpha value is -1.51. The topological polar surface area (TPSA) is 35.5 Å². The average molecular weight is 224 g/mol. The molecule has 0 aromatic carbocycles. The molecule has 0 N–H and O–H groups in total. The molecule has 0 saturated carbocycles. The minimum atomic E-state index is -0.299. The third-order valence-corrected chi connectivity index (χ3v) is 1.66. The Kier molecular flexibility index (Phi) is 7.01. The van der Waals surface area contributed by atoms with Crippen molar-refractivity contribution in [1.82, 2.24) is 0 Å². The van der Waals surface area contributed by atoms with E-state index < -0.39 is 0 Å². The van der Waals surface area contributed by atoms with Crippen LogP contribution in [-0.2, 0) is 14.3 Å². The van der Waals surface area contributed by atoms with Crippen molar-refractivity contribution < 1.29 is 14.3 Å². The van der Waals surface area contributed by atoms with Crippen molar-refractivity contribution in [1.29, 1.82) is 0 Å². The number of hydrogen-bond acceptors (Lipinski definition) is 3. The SMILES string of the molecule is C=C/C(=C\C=C(/C)OC(C)C)COC(C)=O. The van der Waals surface area contributed by atoms with Gasteiger partial charge < -0.3 is 9.47 Å². The summed E-state index contributed by atoms with van der Waals surface area (Å²) in [6, 6.07) is 0. The molecule has 0 unspecified atom stereocenters. The summed E-state index contributed by atoms with van der Waals surface area (Å²) in [5.74, 6) is 0.518. The van der Waals surface area contributed by atoms with E-state index in [1.165, 1.54) is 6.92 Å². The highest BCUT2D eigenvalue weighted by molar-refractivity contribution is 5.66. The Balaban J connectivity index is 4.34. The summed E-state index contributed by atoms with van der Waals surface area (Å²) in [7, 11) is 0. The quantitative estimate of drug-likeness (QED) is 0.395. The van der Waals surface area contributed by atoms with Crippen LogP contribution in [0.15, 0.2) is 36.1 Å². The van der Waals surface area contributed by atoms with Gasteiger partial charge in [-0.2, -0.15) is 0 Å². The van der Waals surface area contributed by atoms with Gasteiger partial charge in [-0.05, 0) is 32.4 Å². The van der Waals surface area contributed by atoms with Gasteiger partial charge in [-0.1, -0.05) is 18.7 Å². The monoisotopic (exact) mass is 224 g/mol. The minimum absolute atomic E-state index is 0.158. The maximum absolute atomic E-state index is 10.6. The molecule has 16 heavy (non-hydrogen) atoms. The van der Waals surface area contributed by atoms with E-state index in [-0.39, 0.29) is 18.7 Å². The van der Waals surface area contributed by atoms with Crippen molar-refractivity contribution in [2.24, 2.45) is 0 Å².